The van der Waals surface area contributed by atoms with Crippen LogP contribution < -0.4 is 4.74 Å². The SMILES string of the molecule is COc1ccc(C#N)c(-c2ccc(C=O)cc2)c1. The summed E-state index contributed by atoms with van der Waals surface area (Å²) in [5, 5.41) is 9.10. The second kappa shape index (κ2) is 5.15. The molecule has 2 rings (SSSR count). The highest BCUT2D eigenvalue weighted by atomic mass is 16.5. The average Bonchev–Trinajstić information content (AvgIpc) is 2.46. The molecule has 0 saturated carbocycles. The van der Waals surface area contributed by atoms with E-state index in [9.17, 15) is 4.79 Å². The molecule has 0 unspecified atom stereocenters. The Bertz CT molecular complexity index is 609. The van der Waals surface area contributed by atoms with Gasteiger partial charge in [-0.25, -0.2) is 0 Å². The van der Waals surface area contributed by atoms with Crippen molar-refractivity contribution in [2.75, 3.05) is 7.11 Å². The first-order valence-corrected chi connectivity index (χ1v) is 5.42. The molecule has 0 bridgehead atoms. The molecule has 0 heterocycles. The summed E-state index contributed by atoms with van der Waals surface area (Å²) in [6.07, 6.45) is 0.792. The van der Waals surface area contributed by atoms with Gasteiger partial charge in [-0.2, -0.15) is 5.26 Å². The van der Waals surface area contributed by atoms with Gasteiger partial charge in [0.25, 0.3) is 0 Å². The highest BCUT2D eigenvalue weighted by Crippen LogP contribution is 2.27. The van der Waals surface area contributed by atoms with Crippen molar-refractivity contribution in [1.82, 2.24) is 0 Å². The van der Waals surface area contributed by atoms with Crippen molar-refractivity contribution in [3.8, 4) is 22.9 Å². The highest BCUT2D eigenvalue weighted by Gasteiger charge is 2.06. The molecule has 2 aromatic carbocycles. The van der Waals surface area contributed by atoms with Crippen LogP contribution in [0.5, 0.6) is 5.75 Å². The van der Waals surface area contributed by atoms with E-state index in [2.05, 4.69) is 6.07 Å². The number of hydrogen-bond acceptors (Lipinski definition) is 3. The van der Waals surface area contributed by atoms with E-state index in [4.69, 9.17) is 10.00 Å². The fourth-order valence-corrected chi connectivity index (χ4v) is 1.73. The van der Waals surface area contributed by atoms with Crippen LogP contribution in [0.4, 0.5) is 0 Å². The molecule has 3 heteroatoms. The van der Waals surface area contributed by atoms with Crippen molar-refractivity contribution in [1.29, 1.82) is 5.26 Å². The van der Waals surface area contributed by atoms with Crippen molar-refractivity contribution in [2.45, 2.75) is 0 Å². The van der Waals surface area contributed by atoms with Crippen LogP contribution in [-0.4, -0.2) is 13.4 Å². The van der Waals surface area contributed by atoms with Crippen LogP contribution in [0.25, 0.3) is 11.1 Å². The normalized spacial score (nSPS) is 9.56. The van der Waals surface area contributed by atoms with Crippen molar-refractivity contribution in [2.24, 2.45) is 0 Å². The van der Waals surface area contributed by atoms with Crippen LogP contribution in [0, 0.1) is 11.3 Å². The Morgan fingerprint density at radius 1 is 1.17 bits per heavy atom. The van der Waals surface area contributed by atoms with Gasteiger partial charge in [0.05, 0.1) is 18.7 Å². The van der Waals surface area contributed by atoms with Crippen LogP contribution in [-0.2, 0) is 0 Å². The second-order valence-corrected chi connectivity index (χ2v) is 3.76. The van der Waals surface area contributed by atoms with Crippen LogP contribution in [0.3, 0.4) is 0 Å². The minimum atomic E-state index is 0.578. The smallest absolute Gasteiger partial charge is 0.150 e. The lowest BCUT2D eigenvalue weighted by Gasteiger charge is -2.07. The summed E-state index contributed by atoms with van der Waals surface area (Å²) in [6, 6.07) is 14.5. The third-order valence-corrected chi connectivity index (χ3v) is 2.70. The molecule has 0 fully saturated rings. The maximum Gasteiger partial charge on any atom is 0.150 e. The molecule has 88 valence electrons. The van der Waals surface area contributed by atoms with E-state index in [-0.39, 0.29) is 0 Å². The van der Waals surface area contributed by atoms with Gasteiger partial charge in [-0.15, -0.1) is 0 Å². The van der Waals surface area contributed by atoms with E-state index in [1.54, 1.807) is 31.4 Å². The molecule has 0 N–H and O–H groups in total. The van der Waals surface area contributed by atoms with Crippen LogP contribution >= 0.6 is 0 Å². The summed E-state index contributed by atoms with van der Waals surface area (Å²) in [7, 11) is 1.58. The molecule has 0 saturated heterocycles. The summed E-state index contributed by atoms with van der Waals surface area (Å²) < 4.78 is 5.16. The van der Waals surface area contributed by atoms with Gasteiger partial charge in [0.1, 0.15) is 12.0 Å². The fourth-order valence-electron chi connectivity index (χ4n) is 1.73. The lowest BCUT2D eigenvalue weighted by atomic mass is 9.99. The largest absolute Gasteiger partial charge is 0.497 e. The topological polar surface area (TPSA) is 50.1 Å². The highest BCUT2D eigenvalue weighted by molar-refractivity contribution is 5.78. The average molecular weight is 237 g/mol. The summed E-state index contributed by atoms with van der Waals surface area (Å²) in [5.74, 6) is 0.698. The lowest BCUT2D eigenvalue weighted by Crippen LogP contribution is -1.89. The van der Waals surface area contributed by atoms with Gasteiger partial charge in [-0.1, -0.05) is 24.3 Å². The zero-order chi connectivity index (χ0) is 13.0. The van der Waals surface area contributed by atoms with E-state index in [0.717, 1.165) is 17.4 Å². The number of rotatable bonds is 3. The number of benzene rings is 2. The molecule has 0 aliphatic heterocycles. The summed E-state index contributed by atoms with van der Waals surface area (Å²) in [4.78, 5) is 10.6. The fraction of sp³-hybridized carbons (Fsp3) is 0.0667. The van der Waals surface area contributed by atoms with Crippen LogP contribution in [0.15, 0.2) is 42.5 Å². The molecule has 0 aromatic heterocycles. The molecule has 0 aliphatic carbocycles. The maximum atomic E-state index is 10.6. The monoisotopic (exact) mass is 237 g/mol. The predicted molar refractivity (Wildman–Crippen MR) is 68.5 cm³/mol. The van der Waals surface area contributed by atoms with E-state index in [1.807, 2.05) is 18.2 Å². The molecule has 2 aromatic rings. The van der Waals surface area contributed by atoms with Gasteiger partial charge in [0.15, 0.2) is 0 Å². The number of hydrogen-bond donors (Lipinski definition) is 0. The molecular formula is C15H11NO2. The van der Waals surface area contributed by atoms with E-state index in [1.165, 1.54) is 0 Å². The van der Waals surface area contributed by atoms with Crippen LogP contribution in [0.2, 0.25) is 0 Å². The number of nitrogens with zero attached hydrogens (tertiary/aromatic N) is 1. The zero-order valence-corrected chi connectivity index (χ0v) is 9.88. The zero-order valence-electron chi connectivity index (χ0n) is 9.88. The number of aldehydes is 1. The third-order valence-electron chi connectivity index (χ3n) is 2.70. The number of methoxy groups -OCH3 is 1. The molecule has 0 aliphatic rings. The lowest BCUT2D eigenvalue weighted by molar-refractivity contribution is 0.112. The van der Waals surface area contributed by atoms with E-state index < -0.39 is 0 Å². The minimum absolute atomic E-state index is 0.578. The first kappa shape index (κ1) is 11.9. The van der Waals surface area contributed by atoms with Gasteiger partial charge < -0.3 is 4.74 Å². The maximum absolute atomic E-state index is 10.6. The Labute approximate surface area is 105 Å². The Morgan fingerprint density at radius 3 is 2.44 bits per heavy atom. The van der Waals surface area contributed by atoms with Crippen molar-refractivity contribution in [3.63, 3.8) is 0 Å². The first-order valence-electron chi connectivity index (χ1n) is 5.42. The number of ether oxygens (including phenoxy) is 1. The molecular weight excluding hydrogens is 226 g/mol. The second-order valence-electron chi connectivity index (χ2n) is 3.76. The minimum Gasteiger partial charge on any atom is -0.497 e. The first-order chi connectivity index (χ1) is 8.78. The molecule has 0 atom stereocenters. The van der Waals surface area contributed by atoms with E-state index in [0.29, 0.717) is 16.9 Å². The Balaban J connectivity index is 2.54. The molecule has 0 radical (unpaired) electrons. The number of nitriles is 1. The van der Waals surface area contributed by atoms with Crippen molar-refractivity contribution < 1.29 is 9.53 Å². The Morgan fingerprint density at radius 2 is 1.89 bits per heavy atom. The van der Waals surface area contributed by atoms with Gasteiger partial charge >= 0.3 is 0 Å². The summed E-state index contributed by atoms with van der Waals surface area (Å²) in [6.45, 7) is 0. The predicted octanol–water partition coefficient (Wildman–Crippen LogP) is 3.05. The summed E-state index contributed by atoms with van der Waals surface area (Å²) >= 11 is 0. The third kappa shape index (κ3) is 2.23. The van der Waals surface area contributed by atoms with Gasteiger partial charge in [0.2, 0.25) is 0 Å². The summed E-state index contributed by atoms with van der Waals surface area (Å²) in [5.41, 5.74) is 2.88. The van der Waals surface area contributed by atoms with E-state index >= 15 is 0 Å². The molecule has 0 spiro atoms. The van der Waals surface area contributed by atoms with Gasteiger partial charge in [-0.05, 0) is 23.8 Å². The van der Waals surface area contributed by atoms with Crippen LogP contribution in [0.1, 0.15) is 15.9 Å². The number of carbonyl (C=O) groups is 1. The van der Waals surface area contributed by atoms with Gasteiger partial charge in [0, 0.05) is 11.1 Å². The molecule has 0 amide bonds. The Hall–Kier alpha value is -2.60. The van der Waals surface area contributed by atoms with Crippen molar-refractivity contribution in [3.05, 3.63) is 53.6 Å². The quantitative estimate of drug-likeness (QED) is 0.771. The Kier molecular flexibility index (Phi) is 3.40. The number of carbonyl (C=O) groups excluding carboxylic acids is 1. The van der Waals surface area contributed by atoms with Gasteiger partial charge in [-0.3, -0.25) is 4.79 Å². The molecule has 3 nitrogen and oxygen atoms in total. The molecule has 18 heavy (non-hydrogen) atoms. The standard InChI is InChI=1S/C15H11NO2/c1-18-14-7-6-13(9-16)15(8-14)12-4-2-11(10-17)3-5-12/h2-8,10H,1H3. The van der Waals surface area contributed by atoms with Crippen molar-refractivity contribution >= 4 is 6.29 Å².